The van der Waals surface area contributed by atoms with E-state index in [4.69, 9.17) is 9.47 Å². The minimum absolute atomic E-state index is 0.243. The van der Waals surface area contributed by atoms with E-state index in [0.717, 1.165) is 11.3 Å². The molecule has 3 aromatic rings. The van der Waals surface area contributed by atoms with Crippen molar-refractivity contribution in [2.45, 2.75) is 13.8 Å². The van der Waals surface area contributed by atoms with Crippen LogP contribution < -0.4 is 15.4 Å². The summed E-state index contributed by atoms with van der Waals surface area (Å²) in [6.45, 7) is 4.49. The third-order valence-electron chi connectivity index (χ3n) is 4.01. The van der Waals surface area contributed by atoms with Gasteiger partial charge >= 0.3 is 12.0 Å². The standard InChI is InChI=1S/C22H22N2O4S/c1-3-27-17-12-10-15(11-13-17)18-14-29-20(19(18)21(25)28-4-2)24-22(26)23-16-8-6-5-7-9-16/h5-14H,3-4H2,1-2H3,(H2,23,24,26). The molecule has 2 amide bonds. The highest BCUT2D eigenvalue weighted by Crippen LogP contribution is 2.37. The first kappa shape index (κ1) is 20.4. The summed E-state index contributed by atoms with van der Waals surface area (Å²) in [4.78, 5) is 25.0. The van der Waals surface area contributed by atoms with Crippen LogP contribution in [0.5, 0.6) is 5.75 Å². The lowest BCUT2D eigenvalue weighted by Gasteiger charge is -2.10. The summed E-state index contributed by atoms with van der Waals surface area (Å²) in [7, 11) is 0. The van der Waals surface area contributed by atoms with Crippen molar-refractivity contribution in [1.82, 2.24) is 0 Å². The number of nitrogens with one attached hydrogen (secondary N) is 2. The second-order valence-corrected chi connectivity index (χ2v) is 6.86. The van der Waals surface area contributed by atoms with Crippen LogP contribution in [0.15, 0.2) is 60.0 Å². The molecule has 0 aliphatic carbocycles. The van der Waals surface area contributed by atoms with Crippen molar-refractivity contribution in [1.29, 1.82) is 0 Å². The molecule has 1 heterocycles. The van der Waals surface area contributed by atoms with Crippen molar-refractivity contribution < 1.29 is 19.1 Å². The summed E-state index contributed by atoms with van der Waals surface area (Å²) in [6.07, 6.45) is 0. The molecular formula is C22H22N2O4S. The summed E-state index contributed by atoms with van der Waals surface area (Å²) >= 11 is 1.27. The molecule has 150 valence electrons. The minimum atomic E-state index is -0.479. The third kappa shape index (κ3) is 5.14. The molecule has 0 aliphatic rings. The highest BCUT2D eigenvalue weighted by Gasteiger charge is 2.23. The number of anilines is 2. The zero-order valence-electron chi connectivity index (χ0n) is 16.2. The number of esters is 1. The lowest BCUT2D eigenvalue weighted by molar-refractivity contribution is 0.0529. The second kappa shape index (κ2) is 9.75. The van der Waals surface area contributed by atoms with E-state index in [2.05, 4.69) is 10.6 Å². The molecule has 0 radical (unpaired) electrons. The van der Waals surface area contributed by atoms with Gasteiger partial charge in [0.15, 0.2) is 0 Å². The van der Waals surface area contributed by atoms with Gasteiger partial charge in [-0.05, 0) is 43.7 Å². The molecule has 3 rings (SSSR count). The summed E-state index contributed by atoms with van der Waals surface area (Å²) in [6, 6.07) is 16.1. The number of rotatable bonds is 7. The Balaban J connectivity index is 1.87. The molecule has 2 aromatic carbocycles. The SMILES string of the molecule is CCOC(=O)c1c(-c2ccc(OCC)cc2)csc1NC(=O)Nc1ccccc1. The van der Waals surface area contributed by atoms with Gasteiger partial charge in [0.1, 0.15) is 16.3 Å². The van der Waals surface area contributed by atoms with Gasteiger partial charge in [-0.15, -0.1) is 11.3 Å². The van der Waals surface area contributed by atoms with Crippen LogP contribution in [0.1, 0.15) is 24.2 Å². The Bertz CT molecular complexity index is 968. The molecule has 0 saturated carbocycles. The number of carbonyl (C=O) groups excluding carboxylic acids is 2. The van der Waals surface area contributed by atoms with Gasteiger partial charge in [-0.1, -0.05) is 30.3 Å². The highest BCUT2D eigenvalue weighted by molar-refractivity contribution is 7.15. The van der Waals surface area contributed by atoms with Crippen LogP contribution in [0.2, 0.25) is 0 Å². The first-order valence-corrected chi connectivity index (χ1v) is 10.1. The maximum absolute atomic E-state index is 12.6. The number of hydrogen-bond donors (Lipinski definition) is 2. The third-order valence-corrected chi connectivity index (χ3v) is 4.90. The van der Waals surface area contributed by atoms with Crippen molar-refractivity contribution in [3.63, 3.8) is 0 Å². The molecule has 1 aromatic heterocycles. The van der Waals surface area contributed by atoms with Gasteiger partial charge in [-0.2, -0.15) is 0 Å². The van der Waals surface area contributed by atoms with Crippen LogP contribution in [-0.2, 0) is 4.74 Å². The predicted octanol–water partition coefficient (Wildman–Crippen LogP) is 5.63. The summed E-state index contributed by atoms with van der Waals surface area (Å²) in [5.41, 5.74) is 2.53. The van der Waals surface area contributed by atoms with Crippen molar-refractivity contribution in [3.8, 4) is 16.9 Å². The van der Waals surface area contributed by atoms with E-state index in [1.165, 1.54) is 11.3 Å². The van der Waals surface area contributed by atoms with E-state index in [9.17, 15) is 9.59 Å². The fourth-order valence-corrected chi connectivity index (χ4v) is 3.71. The number of amides is 2. The molecule has 7 heteroatoms. The minimum Gasteiger partial charge on any atom is -0.494 e. The largest absolute Gasteiger partial charge is 0.494 e. The molecule has 0 spiro atoms. The number of para-hydroxylation sites is 1. The number of hydrogen-bond acceptors (Lipinski definition) is 5. The van der Waals surface area contributed by atoms with Gasteiger partial charge < -0.3 is 14.8 Å². The molecule has 6 nitrogen and oxygen atoms in total. The molecule has 0 fully saturated rings. The molecule has 29 heavy (non-hydrogen) atoms. The Morgan fingerprint density at radius 3 is 2.31 bits per heavy atom. The number of ether oxygens (including phenoxy) is 2. The first-order valence-electron chi connectivity index (χ1n) is 9.27. The summed E-state index contributed by atoms with van der Waals surface area (Å²) < 4.78 is 10.7. The Labute approximate surface area is 173 Å². The average molecular weight is 410 g/mol. The van der Waals surface area contributed by atoms with Crippen molar-refractivity contribution in [2.75, 3.05) is 23.8 Å². The predicted molar refractivity (Wildman–Crippen MR) is 116 cm³/mol. The zero-order valence-corrected chi connectivity index (χ0v) is 17.0. The Kier molecular flexibility index (Phi) is 6.86. The Morgan fingerprint density at radius 2 is 1.66 bits per heavy atom. The van der Waals surface area contributed by atoms with Gasteiger partial charge in [0.2, 0.25) is 0 Å². The van der Waals surface area contributed by atoms with Crippen LogP contribution in [-0.4, -0.2) is 25.2 Å². The van der Waals surface area contributed by atoms with Gasteiger partial charge in [-0.25, -0.2) is 9.59 Å². The van der Waals surface area contributed by atoms with E-state index < -0.39 is 12.0 Å². The molecule has 0 aliphatic heterocycles. The van der Waals surface area contributed by atoms with E-state index >= 15 is 0 Å². The Hall–Kier alpha value is -3.32. The van der Waals surface area contributed by atoms with Crippen LogP contribution in [0.3, 0.4) is 0 Å². The van der Waals surface area contributed by atoms with Crippen LogP contribution in [0.4, 0.5) is 15.5 Å². The maximum Gasteiger partial charge on any atom is 0.341 e. The van der Waals surface area contributed by atoms with Crippen LogP contribution >= 0.6 is 11.3 Å². The number of thiophene rings is 1. The van der Waals surface area contributed by atoms with E-state index in [1.807, 2.05) is 54.8 Å². The van der Waals surface area contributed by atoms with Crippen LogP contribution in [0.25, 0.3) is 11.1 Å². The van der Waals surface area contributed by atoms with E-state index in [1.54, 1.807) is 19.1 Å². The molecule has 0 unspecified atom stereocenters. The number of urea groups is 1. The normalized spacial score (nSPS) is 10.3. The molecule has 2 N–H and O–H groups in total. The summed E-state index contributed by atoms with van der Waals surface area (Å²) in [5, 5.41) is 7.77. The monoisotopic (exact) mass is 410 g/mol. The van der Waals surface area contributed by atoms with E-state index in [0.29, 0.717) is 28.4 Å². The number of carbonyl (C=O) groups is 2. The average Bonchev–Trinajstić information content (AvgIpc) is 3.13. The van der Waals surface area contributed by atoms with Crippen molar-refractivity contribution in [2.24, 2.45) is 0 Å². The summed E-state index contributed by atoms with van der Waals surface area (Å²) in [5.74, 6) is 0.275. The van der Waals surface area contributed by atoms with Gasteiger partial charge in [0, 0.05) is 16.6 Å². The highest BCUT2D eigenvalue weighted by atomic mass is 32.1. The van der Waals surface area contributed by atoms with Gasteiger partial charge in [0.05, 0.1) is 13.2 Å². The second-order valence-electron chi connectivity index (χ2n) is 5.98. The fourth-order valence-electron chi connectivity index (χ4n) is 2.75. The molecule has 0 atom stereocenters. The van der Waals surface area contributed by atoms with Gasteiger partial charge in [-0.3, -0.25) is 5.32 Å². The molecule has 0 bridgehead atoms. The molecular weight excluding hydrogens is 388 g/mol. The quantitative estimate of drug-likeness (QED) is 0.495. The van der Waals surface area contributed by atoms with Gasteiger partial charge in [0.25, 0.3) is 0 Å². The molecule has 0 saturated heterocycles. The first-order chi connectivity index (χ1) is 14.1. The van der Waals surface area contributed by atoms with Crippen LogP contribution in [0, 0.1) is 0 Å². The number of benzene rings is 2. The fraction of sp³-hybridized carbons (Fsp3) is 0.182. The van der Waals surface area contributed by atoms with Crippen molar-refractivity contribution in [3.05, 3.63) is 65.5 Å². The lowest BCUT2D eigenvalue weighted by atomic mass is 10.0. The lowest BCUT2D eigenvalue weighted by Crippen LogP contribution is -2.20. The maximum atomic E-state index is 12.6. The zero-order chi connectivity index (χ0) is 20.6. The topological polar surface area (TPSA) is 76.7 Å². The Morgan fingerprint density at radius 1 is 0.931 bits per heavy atom. The smallest absolute Gasteiger partial charge is 0.341 e. The van der Waals surface area contributed by atoms with Crippen molar-refractivity contribution >= 4 is 34.0 Å². The van der Waals surface area contributed by atoms with E-state index in [-0.39, 0.29) is 6.61 Å².